The van der Waals surface area contributed by atoms with Crippen LogP contribution in [-0.4, -0.2) is 27.6 Å². The number of hydrogen-bond acceptors (Lipinski definition) is 4. The molecule has 5 nitrogen and oxygen atoms in total. The normalized spacial score (nSPS) is 20.4. The summed E-state index contributed by atoms with van der Waals surface area (Å²) in [5.74, 6) is 2.35. The highest BCUT2D eigenvalue weighted by atomic mass is 35.5. The number of rotatable bonds is 1. The number of fused-ring (bicyclic) bond motifs is 7. The molecule has 2 fully saturated rings. The molecule has 3 aromatic rings. The van der Waals surface area contributed by atoms with Gasteiger partial charge in [-0.2, -0.15) is 4.98 Å². The lowest BCUT2D eigenvalue weighted by molar-refractivity contribution is 0.338. The van der Waals surface area contributed by atoms with Gasteiger partial charge in [-0.3, -0.25) is 9.36 Å². The Hall–Kier alpha value is -2.24. The van der Waals surface area contributed by atoms with E-state index >= 15 is 0 Å². The van der Waals surface area contributed by atoms with E-state index in [9.17, 15) is 4.79 Å². The number of pyridine rings is 1. The number of hydrogen-bond donors (Lipinski definition) is 1. The Kier molecular flexibility index (Phi) is 4.26. The van der Waals surface area contributed by atoms with Gasteiger partial charge in [-0.25, -0.2) is 4.98 Å². The summed E-state index contributed by atoms with van der Waals surface area (Å²) in [6.45, 7) is 2.12. The van der Waals surface area contributed by atoms with Crippen LogP contribution in [0.25, 0.3) is 16.7 Å². The predicted molar refractivity (Wildman–Crippen MR) is 119 cm³/mol. The second-order valence-corrected chi connectivity index (χ2v) is 9.42. The fourth-order valence-electron chi connectivity index (χ4n) is 5.91. The third-order valence-corrected chi connectivity index (χ3v) is 7.74. The third kappa shape index (κ3) is 2.55. The van der Waals surface area contributed by atoms with Crippen LogP contribution in [0.4, 0.5) is 0 Å². The highest BCUT2D eigenvalue weighted by Gasteiger charge is 2.47. The summed E-state index contributed by atoms with van der Waals surface area (Å²) >= 11 is 6.42. The quantitative estimate of drug-likeness (QED) is 0.631. The summed E-state index contributed by atoms with van der Waals surface area (Å²) in [4.78, 5) is 22.7. The maximum Gasteiger partial charge on any atom is 0.282 e. The average molecular weight is 421 g/mol. The van der Waals surface area contributed by atoms with E-state index in [0.29, 0.717) is 16.3 Å². The molecule has 4 heterocycles. The van der Waals surface area contributed by atoms with Gasteiger partial charge in [0.1, 0.15) is 11.6 Å². The van der Waals surface area contributed by atoms with Crippen molar-refractivity contribution in [3.63, 3.8) is 0 Å². The molecular formula is C24H25ClN4O. The zero-order valence-corrected chi connectivity index (χ0v) is 17.7. The average Bonchev–Trinajstić information content (AvgIpc) is 3.04. The number of piperidine rings is 1. The topological polar surface area (TPSA) is 59.8 Å². The Morgan fingerprint density at radius 3 is 2.73 bits per heavy atom. The lowest BCUT2D eigenvalue weighted by Crippen LogP contribution is -2.32. The molecule has 2 aromatic heterocycles. The van der Waals surface area contributed by atoms with E-state index in [4.69, 9.17) is 16.6 Å². The summed E-state index contributed by atoms with van der Waals surface area (Å²) in [7, 11) is 0. The molecule has 1 saturated heterocycles. The Labute approximate surface area is 180 Å². The van der Waals surface area contributed by atoms with Gasteiger partial charge in [-0.1, -0.05) is 36.9 Å². The number of nitrogens with zero attached hydrogens (tertiary/aromatic N) is 3. The van der Waals surface area contributed by atoms with Crippen molar-refractivity contribution in [2.45, 2.75) is 56.3 Å². The maximum absolute atomic E-state index is 13.0. The maximum atomic E-state index is 13.0. The third-order valence-electron chi connectivity index (χ3n) is 7.43. The van der Waals surface area contributed by atoms with Crippen molar-refractivity contribution in [1.29, 1.82) is 0 Å². The molecule has 0 bridgehead atoms. The van der Waals surface area contributed by atoms with E-state index in [1.165, 1.54) is 17.5 Å². The van der Waals surface area contributed by atoms with Crippen LogP contribution in [-0.2, 0) is 5.41 Å². The van der Waals surface area contributed by atoms with Gasteiger partial charge >= 0.3 is 0 Å². The molecular weight excluding hydrogens is 396 g/mol. The SMILES string of the molecule is O=c1nc2n(c3cccc(Cl)c13)-c1ncc(C3CCNCC3)cc1C21CCCCC1. The second kappa shape index (κ2) is 6.89. The molecule has 1 aliphatic carbocycles. The first-order valence-corrected chi connectivity index (χ1v) is 11.5. The largest absolute Gasteiger partial charge is 0.317 e. The van der Waals surface area contributed by atoms with E-state index in [-0.39, 0.29) is 11.0 Å². The Morgan fingerprint density at radius 1 is 1.13 bits per heavy atom. The molecule has 2 aliphatic heterocycles. The summed E-state index contributed by atoms with van der Waals surface area (Å²) in [5.41, 5.74) is 2.98. The van der Waals surface area contributed by atoms with Gasteiger partial charge in [0.2, 0.25) is 0 Å². The van der Waals surface area contributed by atoms with Crippen molar-refractivity contribution >= 4 is 22.5 Å². The van der Waals surface area contributed by atoms with Gasteiger partial charge in [-0.15, -0.1) is 0 Å². The van der Waals surface area contributed by atoms with Gasteiger partial charge in [0.15, 0.2) is 0 Å². The molecule has 6 rings (SSSR count). The number of aromatic nitrogens is 3. The molecule has 1 N–H and O–H groups in total. The van der Waals surface area contributed by atoms with Crippen LogP contribution in [0, 0.1) is 0 Å². The van der Waals surface area contributed by atoms with Crippen molar-refractivity contribution in [2.75, 3.05) is 13.1 Å². The number of benzene rings is 1. The molecule has 1 saturated carbocycles. The molecule has 0 atom stereocenters. The molecule has 1 aromatic carbocycles. The van der Waals surface area contributed by atoms with E-state index in [1.54, 1.807) is 6.07 Å². The van der Waals surface area contributed by atoms with Crippen molar-refractivity contribution in [1.82, 2.24) is 19.9 Å². The van der Waals surface area contributed by atoms with Gasteiger partial charge in [0.25, 0.3) is 5.56 Å². The van der Waals surface area contributed by atoms with Gasteiger partial charge in [-0.05, 0) is 68.5 Å². The van der Waals surface area contributed by atoms with Crippen LogP contribution < -0.4 is 10.9 Å². The van der Waals surface area contributed by atoms with Crippen LogP contribution >= 0.6 is 11.6 Å². The van der Waals surface area contributed by atoms with Crippen LogP contribution in [0.3, 0.4) is 0 Å². The molecule has 30 heavy (non-hydrogen) atoms. The van der Waals surface area contributed by atoms with E-state index in [2.05, 4.69) is 27.1 Å². The molecule has 6 heteroatoms. The highest BCUT2D eigenvalue weighted by molar-refractivity contribution is 6.35. The molecule has 3 aliphatic rings. The van der Waals surface area contributed by atoms with Crippen molar-refractivity contribution < 1.29 is 0 Å². The van der Waals surface area contributed by atoms with Crippen LogP contribution in [0.2, 0.25) is 5.02 Å². The zero-order chi connectivity index (χ0) is 20.3. The van der Waals surface area contributed by atoms with Crippen LogP contribution in [0.5, 0.6) is 0 Å². The standard InChI is InChI=1S/C24H25ClN4O/c25-18-5-4-6-19-20(18)22(30)28-23-24(9-2-1-3-10-24)17-13-16(14-27-21(17)29(19)23)15-7-11-26-12-8-15/h4-6,13-15,26H,1-3,7-12H2. The first-order valence-electron chi connectivity index (χ1n) is 11.1. The molecule has 0 amide bonds. The second-order valence-electron chi connectivity index (χ2n) is 9.02. The lowest BCUT2D eigenvalue weighted by Gasteiger charge is -2.34. The van der Waals surface area contributed by atoms with Gasteiger partial charge in [0.05, 0.1) is 21.3 Å². The Balaban J connectivity index is 1.64. The summed E-state index contributed by atoms with van der Waals surface area (Å²) in [6, 6.07) is 8.03. The molecule has 0 radical (unpaired) electrons. The minimum Gasteiger partial charge on any atom is -0.317 e. The first kappa shape index (κ1) is 18.5. The highest BCUT2D eigenvalue weighted by Crippen LogP contribution is 2.51. The predicted octanol–water partition coefficient (Wildman–Crippen LogP) is 4.46. The number of nitrogens with one attached hydrogen (secondary N) is 1. The fraction of sp³-hybridized carbons (Fsp3) is 0.458. The Bertz CT molecular complexity index is 1210. The summed E-state index contributed by atoms with van der Waals surface area (Å²) < 4.78 is 2.12. The van der Waals surface area contributed by atoms with Crippen LogP contribution in [0.1, 0.15) is 67.8 Å². The fourth-order valence-corrected chi connectivity index (χ4v) is 6.16. The van der Waals surface area contributed by atoms with Gasteiger partial charge in [0, 0.05) is 11.8 Å². The molecule has 1 spiro atoms. The van der Waals surface area contributed by atoms with Crippen molar-refractivity contribution in [3.8, 4) is 5.82 Å². The van der Waals surface area contributed by atoms with E-state index in [0.717, 1.165) is 68.8 Å². The van der Waals surface area contributed by atoms with Crippen LogP contribution in [0.15, 0.2) is 35.3 Å². The molecule has 0 unspecified atom stereocenters. The van der Waals surface area contributed by atoms with Crippen molar-refractivity contribution in [2.24, 2.45) is 0 Å². The van der Waals surface area contributed by atoms with E-state index < -0.39 is 0 Å². The number of halogens is 1. The minimum atomic E-state index is -0.224. The zero-order valence-electron chi connectivity index (χ0n) is 17.0. The first-order chi connectivity index (χ1) is 14.7. The Morgan fingerprint density at radius 2 is 1.93 bits per heavy atom. The summed E-state index contributed by atoms with van der Waals surface area (Å²) in [5, 5.41) is 4.41. The van der Waals surface area contributed by atoms with Crippen molar-refractivity contribution in [3.05, 3.63) is 62.8 Å². The summed E-state index contributed by atoms with van der Waals surface area (Å²) in [6.07, 6.45) is 9.94. The lowest BCUT2D eigenvalue weighted by atomic mass is 9.69. The smallest absolute Gasteiger partial charge is 0.282 e. The van der Waals surface area contributed by atoms with E-state index in [1.807, 2.05) is 12.1 Å². The minimum absolute atomic E-state index is 0.209. The monoisotopic (exact) mass is 420 g/mol. The van der Waals surface area contributed by atoms with Gasteiger partial charge < -0.3 is 5.32 Å². The molecule has 154 valence electrons.